The molecule has 0 unspecified atom stereocenters. The molecule has 76 valence electrons. The molecular formula is C11H9ClN2O. The first-order valence-corrected chi connectivity index (χ1v) is 4.87. The third kappa shape index (κ3) is 1.78. The van der Waals surface area contributed by atoms with Crippen LogP contribution in [-0.2, 0) is 0 Å². The average molecular weight is 221 g/mol. The Balaban J connectivity index is 2.58. The van der Waals surface area contributed by atoms with Crippen LogP contribution in [0.15, 0.2) is 24.3 Å². The van der Waals surface area contributed by atoms with Gasteiger partial charge in [0, 0.05) is 11.3 Å². The van der Waals surface area contributed by atoms with Crippen molar-refractivity contribution in [3.63, 3.8) is 0 Å². The van der Waals surface area contributed by atoms with Crippen LogP contribution < -0.4 is 0 Å². The molecule has 0 amide bonds. The zero-order valence-electron chi connectivity index (χ0n) is 8.12. The van der Waals surface area contributed by atoms with Gasteiger partial charge in [0.15, 0.2) is 12.1 Å². The lowest BCUT2D eigenvalue weighted by Gasteiger charge is -2.00. The van der Waals surface area contributed by atoms with Gasteiger partial charge in [0.25, 0.3) is 0 Å². The van der Waals surface area contributed by atoms with Gasteiger partial charge in [-0.25, -0.2) is 4.98 Å². The van der Waals surface area contributed by atoms with Crippen LogP contribution in [0.5, 0.6) is 0 Å². The third-order valence-corrected chi connectivity index (χ3v) is 2.47. The predicted octanol–water partition coefficient (Wildman–Crippen LogP) is 2.85. The Labute approximate surface area is 92.1 Å². The molecule has 1 aromatic carbocycles. The normalized spacial score (nSPS) is 10.3. The van der Waals surface area contributed by atoms with E-state index in [2.05, 4.69) is 9.97 Å². The molecule has 0 spiro atoms. The van der Waals surface area contributed by atoms with Crippen LogP contribution in [0.25, 0.3) is 11.3 Å². The second-order valence-corrected chi connectivity index (χ2v) is 3.60. The number of aldehydes is 1. The summed E-state index contributed by atoms with van der Waals surface area (Å²) < 4.78 is 0. The van der Waals surface area contributed by atoms with Crippen molar-refractivity contribution in [3.8, 4) is 11.3 Å². The van der Waals surface area contributed by atoms with E-state index < -0.39 is 0 Å². The Morgan fingerprint density at radius 2 is 2.13 bits per heavy atom. The maximum absolute atomic E-state index is 10.6. The zero-order chi connectivity index (χ0) is 10.8. The number of nitrogens with zero attached hydrogens (tertiary/aromatic N) is 1. The number of imidazole rings is 1. The van der Waals surface area contributed by atoms with E-state index in [-0.39, 0.29) is 0 Å². The highest BCUT2D eigenvalue weighted by atomic mass is 35.5. The number of benzene rings is 1. The molecule has 0 aliphatic carbocycles. The molecule has 1 N–H and O–H groups in total. The first-order chi connectivity index (χ1) is 7.22. The van der Waals surface area contributed by atoms with E-state index in [9.17, 15) is 4.79 Å². The van der Waals surface area contributed by atoms with Gasteiger partial charge in [-0.05, 0) is 13.0 Å². The molecule has 15 heavy (non-hydrogen) atoms. The van der Waals surface area contributed by atoms with Gasteiger partial charge in [0.2, 0.25) is 0 Å². The monoisotopic (exact) mass is 220 g/mol. The van der Waals surface area contributed by atoms with Crippen molar-refractivity contribution in [1.82, 2.24) is 9.97 Å². The van der Waals surface area contributed by atoms with E-state index in [4.69, 9.17) is 11.6 Å². The Hall–Kier alpha value is -1.61. The fraction of sp³-hybridized carbons (Fsp3) is 0.0909. The number of carbonyl (C=O) groups excluding carboxylic acids is 1. The molecule has 3 nitrogen and oxygen atoms in total. The molecule has 0 saturated heterocycles. The second kappa shape index (κ2) is 3.87. The number of rotatable bonds is 2. The van der Waals surface area contributed by atoms with Crippen molar-refractivity contribution in [3.05, 3.63) is 40.8 Å². The van der Waals surface area contributed by atoms with Crippen molar-refractivity contribution in [2.24, 2.45) is 0 Å². The fourth-order valence-electron chi connectivity index (χ4n) is 1.45. The minimum absolute atomic E-state index is 0.322. The molecule has 1 aromatic heterocycles. The summed E-state index contributed by atoms with van der Waals surface area (Å²) in [4.78, 5) is 17.6. The molecule has 0 saturated carbocycles. The summed E-state index contributed by atoms with van der Waals surface area (Å²) in [6.07, 6.45) is 0.688. The predicted molar refractivity (Wildman–Crippen MR) is 59.2 cm³/mol. The van der Waals surface area contributed by atoms with Crippen molar-refractivity contribution >= 4 is 17.9 Å². The Kier molecular flexibility index (Phi) is 2.56. The highest BCUT2D eigenvalue weighted by molar-refractivity contribution is 6.33. The van der Waals surface area contributed by atoms with Gasteiger partial charge in [-0.3, -0.25) is 4.79 Å². The van der Waals surface area contributed by atoms with Crippen LogP contribution in [-0.4, -0.2) is 16.3 Å². The molecule has 0 bridgehead atoms. The lowest BCUT2D eigenvalue weighted by molar-refractivity contribution is 0.111. The van der Waals surface area contributed by atoms with Gasteiger partial charge in [-0.15, -0.1) is 0 Å². The number of hydrogen-bond donors (Lipinski definition) is 1. The minimum Gasteiger partial charge on any atom is -0.339 e. The lowest BCUT2D eigenvalue weighted by Crippen LogP contribution is -1.83. The van der Waals surface area contributed by atoms with Crippen LogP contribution in [0.1, 0.15) is 16.3 Å². The number of hydrogen-bond acceptors (Lipinski definition) is 2. The first-order valence-electron chi connectivity index (χ1n) is 4.49. The quantitative estimate of drug-likeness (QED) is 0.791. The molecule has 0 radical (unpaired) electrons. The number of nitrogens with one attached hydrogen (secondary N) is 1. The molecule has 2 rings (SSSR count). The molecule has 0 fully saturated rings. The Bertz CT molecular complexity index is 505. The first kappa shape index (κ1) is 9.93. The number of aromatic amines is 1. The number of aromatic nitrogens is 2. The summed E-state index contributed by atoms with van der Waals surface area (Å²) in [5.74, 6) is 0.322. The minimum atomic E-state index is 0.322. The summed E-state index contributed by atoms with van der Waals surface area (Å²) in [5.41, 5.74) is 2.40. The van der Waals surface area contributed by atoms with E-state index in [0.29, 0.717) is 17.1 Å². The van der Waals surface area contributed by atoms with Crippen molar-refractivity contribution < 1.29 is 4.79 Å². The van der Waals surface area contributed by atoms with E-state index in [1.807, 2.05) is 25.1 Å². The summed E-state index contributed by atoms with van der Waals surface area (Å²) in [5, 5.41) is 0.629. The Morgan fingerprint density at radius 3 is 2.73 bits per heavy atom. The van der Waals surface area contributed by atoms with Crippen LogP contribution in [0.2, 0.25) is 5.02 Å². The molecule has 2 aromatic rings. The molecule has 0 atom stereocenters. The van der Waals surface area contributed by atoms with Crippen molar-refractivity contribution in [1.29, 1.82) is 0 Å². The number of aryl methyl sites for hydroxylation is 1. The largest absolute Gasteiger partial charge is 0.339 e. The van der Waals surface area contributed by atoms with E-state index in [1.54, 1.807) is 6.07 Å². The molecule has 0 aliphatic rings. The van der Waals surface area contributed by atoms with Crippen LogP contribution in [0.4, 0.5) is 0 Å². The highest BCUT2D eigenvalue weighted by Gasteiger charge is 2.10. The fourth-order valence-corrected chi connectivity index (χ4v) is 1.68. The zero-order valence-corrected chi connectivity index (χ0v) is 8.88. The summed E-state index contributed by atoms with van der Waals surface area (Å²) in [7, 11) is 0. The van der Waals surface area contributed by atoms with Crippen LogP contribution in [0.3, 0.4) is 0 Å². The van der Waals surface area contributed by atoms with Gasteiger partial charge in [-0.1, -0.05) is 29.8 Å². The van der Waals surface area contributed by atoms with Gasteiger partial charge in [0.05, 0.1) is 10.7 Å². The summed E-state index contributed by atoms with van der Waals surface area (Å²) >= 11 is 6.04. The molecule has 0 aliphatic heterocycles. The lowest BCUT2D eigenvalue weighted by atomic mass is 10.1. The van der Waals surface area contributed by atoms with Gasteiger partial charge >= 0.3 is 0 Å². The van der Waals surface area contributed by atoms with Gasteiger partial charge < -0.3 is 4.98 Å². The molecule has 1 heterocycles. The van der Waals surface area contributed by atoms with Crippen molar-refractivity contribution in [2.45, 2.75) is 6.92 Å². The van der Waals surface area contributed by atoms with Crippen LogP contribution >= 0.6 is 11.6 Å². The Morgan fingerprint density at radius 1 is 1.40 bits per heavy atom. The van der Waals surface area contributed by atoms with E-state index in [0.717, 1.165) is 17.0 Å². The molecular weight excluding hydrogens is 212 g/mol. The average Bonchev–Trinajstić information content (AvgIpc) is 2.60. The second-order valence-electron chi connectivity index (χ2n) is 3.19. The molecule has 4 heteroatoms. The number of carbonyl (C=O) groups is 1. The van der Waals surface area contributed by atoms with Crippen molar-refractivity contribution in [2.75, 3.05) is 0 Å². The summed E-state index contributed by atoms with van der Waals surface area (Å²) in [6.45, 7) is 1.86. The SMILES string of the molecule is Cc1[nH]c(C=O)nc1-c1ccccc1Cl. The standard InChI is InChI=1S/C11H9ClN2O/c1-7-11(14-10(6-15)13-7)8-4-2-3-5-9(8)12/h2-6H,1H3,(H,13,14). The maximum Gasteiger partial charge on any atom is 0.185 e. The van der Waals surface area contributed by atoms with E-state index >= 15 is 0 Å². The summed E-state index contributed by atoms with van der Waals surface area (Å²) in [6, 6.07) is 7.41. The number of H-pyrrole nitrogens is 1. The highest BCUT2D eigenvalue weighted by Crippen LogP contribution is 2.27. The van der Waals surface area contributed by atoms with E-state index in [1.165, 1.54) is 0 Å². The van der Waals surface area contributed by atoms with Gasteiger partial charge in [0.1, 0.15) is 0 Å². The topological polar surface area (TPSA) is 45.8 Å². The van der Waals surface area contributed by atoms with Crippen LogP contribution in [0, 0.1) is 6.92 Å². The maximum atomic E-state index is 10.6. The number of halogens is 1. The van der Waals surface area contributed by atoms with Gasteiger partial charge in [-0.2, -0.15) is 0 Å². The smallest absolute Gasteiger partial charge is 0.185 e. The third-order valence-electron chi connectivity index (χ3n) is 2.14.